The minimum absolute atomic E-state index is 0.0282. The Bertz CT molecular complexity index is 963. The van der Waals surface area contributed by atoms with Crippen LogP contribution in [0.1, 0.15) is 66.6 Å². The summed E-state index contributed by atoms with van der Waals surface area (Å²) in [7, 11) is 0. The summed E-state index contributed by atoms with van der Waals surface area (Å²) in [5.74, 6) is -1.99. The average molecular weight is 464 g/mol. The fourth-order valence-corrected chi connectivity index (χ4v) is 3.92. The number of halogens is 1. The van der Waals surface area contributed by atoms with Crippen LogP contribution in [0.15, 0.2) is 24.3 Å². The molecular formula is C22H30FN5O3S. The zero-order valence-corrected chi connectivity index (χ0v) is 19.4. The molecule has 2 aromatic rings. The highest BCUT2D eigenvalue weighted by Crippen LogP contribution is 2.29. The second-order valence-electron chi connectivity index (χ2n) is 7.92. The molecule has 0 saturated heterocycles. The van der Waals surface area contributed by atoms with Crippen LogP contribution < -0.4 is 21.7 Å². The molecule has 1 heterocycles. The Balaban J connectivity index is 2.50. The minimum atomic E-state index is -0.894. The predicted octanol–water partition coefficient (Wildman–Crippen LogP) is 3.33. The van der Waals surface area contributed by atoms with E-state index in [0.29, 0.717) is 25.3 Å². The Hall–Kier alpha value is -3.01. The first-order valence-corrected chi connectivity index (χ1v) is 11.4. The van der Waals surface area contributed by atoms with Gasteiger partial charge in [0.2, 0.25) is 5.91 Å². The third-order valence-corrected chi connectivity index (χ3v) is 5.78. The highest BCUT2D eigenvalue weighted by atomic mass is 32.1. The van der Waals surface area contributed by atoms with Crippen molar-refractivity contribution in [3.63, 3.8) is 0 Å². The molecule has 10 heteroatoms. The Morgan fingerprint density at radius 2 is 1.97 bits per heavy atom. The topological polar surface area (TPSA) is 131 Å². The quantitative estimate of drug-likeness (QED) is 0.470. The molecule has 0 bridgehead atoms. The zero-order valence-electron chi connectivity index (χ0n) is 18.6. The normalized spacial score (nSPS) is 11.9. The van der Waals surface area contributed by atoms with Crippen molar-refractivity contribution in [2.45, 2.75) is 52.5 Å². The van der Waals surface area contributed by atoms with Crippen molar-refractivity contribution in [1.29, 1.82) is 0 Å². The Morgan fingerprint density at radius 3 is 2.53 bits per heavy atom. The number of nitrogens with two attached hydrogens (primary N) is 2. The van der Waals surface area contributed by atoms with Crippen molar-refractivity contribution < 1.29 is 18.8 Å². The van der Waals surface area contributed by atoms with Crippen molar-refractivity contribution in [2.75, 3.05) is 17.2 Å². The summed E-state index contributed by atoms with van der Waals surface area (Å²) in [5.41, 5.74) is 11.1. The molecule has 0 fully saturated rings. The fourth-order valence-electron chi connectivity index (χ4n) is 3.18. The van der Waals surface area contributed by atoms with Crippen LogP contribution in [-0.2, 0) is 4.79 Å². The number of nitrogen functional groups attached to an aromatic ring is 1. The molecule has 0 aliphatic heterocycles. The third-order valence-electron chi connectivity index (χ3n) is 4.93. The van der Waals surface area contributed by atoms with E-state index >= 15 is 0 Å². The second kappa shape index (κ2) is 11.6. The van der Waals surface area contributed by atoms with Crippen molar-refractivity contribution in [2.24, 2.45) is 11.7 Å². The number of hydrogen-bond donors (Lipinski definition) is 3. The van der Waals surface area contributed by atoms with E-state index in [2.05, 4.69) is 9.69 Å². The van der Waals surface area contributed by atoms with Gasteiger partial charge in [-0.25, -0.2) is 4.39 Å². The van der Waals surface area contributed by atoms with Gasteiger partial charge in [-0.1, -0.05) is 39.7 Å². The number of benzene rings is 1. The molecule has 8 nitrogen and oxygen atoms in total. The van der Waals surface area contributed by atoms with E-state index in [1.165, 1.54) is 23.1 Å². The van der Waals surface area contributed by atoms with Crippen LogP contribution in [0, 0.1) is 11.7 Å². The lowest BCUT2D eigenvalue weighted by Crippen LogP contribution is -2.50. The van der Waals surface area contributed by atoms with E-state index in [4.69, 9.17) is 11.5 Å². The van der Waals surface area contributed by atoms with Gasteiger partial charge in [0.15, 0.2) is 5.69 Å². The number of nitrogens with one attached hydrogen (secondary N) is 1. The van der Waals surface area contributed by atoms with Crippen LogP contribution in [-0.4, -0.2) is 34.7 Å². The van der Waals surface area contributed by atoms with Crippen molar-refractivity contribution in [3.05, 3.63) is 40.7 Å². The summed E-state index contributed by atoms with van der Waals surface area (Å²) < 4.78 is 17.9. The van der Waals surface area contributed by atoms with Gasteiger partial charge >= 0.3 is 0 Å². The van der Waals surface area contributed by atoms with Gasteiger partial charge in [0.05, 0.1) is 5.69 Å². The van der Waals surface area contributed by atoms with Gasteiger partial charge in [0.1, 0.15) is 16.7 Å². The summed E-state index contributed by atoms with van der Waals surface area (Å²) in [6, 6.07) is 4.55. The number of carbonyl (C=O) groups is 3. The van der Waals surface area contributed by atoms with E-state index in [9.17, 15) is 18.8 Å². The lowest BCUT2D eigenvalue weighted by atomic mass is 10.0. The standard InChI is InChI=1S/C22H30FN5O3S/c1-4-5-9-16(21(30)26-11-10-13(2)3)28(15-8-6-7-14(23)12-15)22(31)19-17(24)18(20(25)29)27-32-19/h6-8,12-13,16H,4-5,9-11,24H2,1-3H3,(H2,25,29)(H,26,30)/t16-/m1/s1. The molecule has 3 amide bonds. The van der Waals surface area contributed by atoms with Crippen LogP contribution in [0.4, 0.5) is 15.8 Å². The molecule has 0 unspecified atom stereocenters. The second-order valence-corrected chi connectivity index (χ2v) is 8.70. The van der Waals surface area contributed by atoms with E-state index in [0.717, 1.165) is 24.4 Å². The monoisotopic (exact) mass is 463 g/mol. The number of aromatic nitrogens is 1. The highest BCUT2D eigenvalue weighted by molar-refractivity contribution is 7.09. The lowest BCUT2D eigenvalue weighted by Gasteiger charge is -2.31. The first-order valence-electron chi connectivity index (χ1n) is 10.6. The van der Waals surface area contributed by atoms with E-state index in [-0.39, 0.29) is 27.9 Å². The average Bonchev–Trinajstić information content (AvgIpc) is 3.11. The number of nitrogens with zero attached hydrogens (tertiary/aromatic N) is 2. The fraction of sp³-hybridized carbons (Fsp3) is 0.455. The smallest absolute Gasteiger partial charge is 0.272 e. The number of unbranched alkanes of at least 4 members (excludes halogenated alkanes) is 1. The maximum Gasteiger partial charge on any atom is 0.272 e. The molecule has 1 atom stereocenters. The highest BCUT2D eigenvalue weighted by Gasteiger charge is 2.34. The van der Waals surface area contributed by atoms with E-state index < -0.39 is 23.7 Å². The van der Waals surface area contributed by atoms with E-state index in [1.807, 2.05) is 20.8 Å². The summed E-state index contributed by atoms with van der Waals surface area (Å²) >= 11 is 0.722. The van der Waals surface area contributed by atoms with Crippen LogP contribution in [0.3, 0.4) is 0 Å². The molecule has 174 valence electrons. The van der Waals surface area contributed by atoms with Gasteiger partial charge in [-0.05, 0) is 48.5 Å². The number of primary amides is 1. The number of hydrogen-bond acceptors (Lipinski definition) is 6. The van der Waals surface area contributed by atoms with Gasteiger partial charge in [-0.15, -0.1) is 0 Å². The lowest BCUT2D eigenvalue weighted by molar-refractivity contribution is -0.122. The molecule has 2 rings (SSSR count). The molecule has 5 N–H and O–H groups in total. The molecular weight excluding hydrogens is 433 g/mol. The van der Waals surface area contributed by atoms with Crippen LogP contribution >= 0.6 is 11.5 Å². The molecule has 0 radical (unpaired) electrons. The zero-order chi connectivity index (χ0) is 23.8. The molecule has 32 heavy (non-hydrogen) atoms. The minimum Gasteiger partial charge on any atom is -0.395 e. The van der Waals surface area contributed by atoms with Gasteiger partial charge in [0.25, 0.3) is 11.8 Å². The molecule has 1 aromatic heterocycles. The number of anilines is 2. The van der Waals surface area contributed by atoms with Gasteiger partial charge in [-0.3, -0.25) is 19.3 Å². The van der Waals surface area contributed by atoms with Gasteiger partial charge in [0, 0.05) is 12.2 Å². The number of amides is 3. The maximum atomic E-state index is 14.1. The van der Waals surface area contributed by atoms with Crippen LogP contribution in [0.25, 0.3) is 0 Å². The number of rotatable bonds is 11. The number of carbonyl (C=O) groups excluding carboxylic acids is 3. The first-order chi connectivity index (χ1) is 15.2. The Labute approximate surface area is 191 Å². The van der Waals surface area contributed by atoms with Gasteiger partial charge in [-0.2, -0.15) is 4.37 Å². The summed E-state index contributed by atoms with van der Waals surface area (Å²) in [5, 5.41) is 2.89. The van der Waals surface area contributed by atoms with Crippen LogP contribution in [0.2, 0.25) is 0 Å². The first kappa shape index (κ1) is 25.3. The van der Waals surface area contributed by atoms with Crippen molar-refractivity contribution in [1.82, 2.24) is 9.69 Å². The van der Waals surface area contributed by atoms with Gasteiger partial charge < -0.3 is 16.8 Å². The SMILES string of the molecule is CCCC[C@H](C(=O)NCCC(C)C)N(C(=O)c1snc(C(N)=O)c1N)c1cccc(F)c1. The summed E-state index contributed by atoms with van der Waals surface area (Å²) in [6.45, 7) is 6.53. The van der Waals surface area contributed by atoms with E-state index in [1.54, 1.807) is 6.07 Å². The summed E-state index contributed by atoms with van der Waals surface area (Å²) in [4.78, 5) is 39.5. The molecule has 0 saturated carbocycles. The molecule has 0 spiro atoms. The third kappa shape index (κ3) is 6.25. The van der Waals surface area contributed by atoms with Crippen LogP contribution in [0.5, 0.6) is 0 Å². The van der Waals surface area contributed by atoms with Crippen molar-refractivity contribution >= 4 is 40.6 Å². The van der Waals surface area contributed by atoms with Crippen molar-refractivity contribution in [3.8, 4) is 0 Å². The molecule has 1 aromatic carbocycles. The Morgan fingerprint density at radius 1 is 1.25 bits per heavy atom. The Kier molecular flexibility index (Phi) is 9.13. The molecule has 0 aliphatic rings. The predicted molar refractivity (Wildman–Crippen MR) is 124 cm³/mol. The maximum absolute atomic E-state index is 14.1. The molecule has 0 aliphatic carbocycles. The summed E-state index contributed by atoms with van der Waals surface area (Å²) in [6.07, 6.45) is 2.62. The largest absolute Gasteiger partial charge is 0.395 e.